The summed E-state index contributed by atoms with van der Waals surface area (Å²) in [6, 6.07) is 4.99. The van der Waals surface area contributed by atoms with Gasteiger partial charge in [-0.05, 0) is 30.2 Å². The summed E-state index contributed by atoms with van der Waals surface area (Å²) in [5, 5.41) is 22.0. The molecule has 0 saturated carbocycles. The second-order valence-electron chi connectivity index (χ2n) is 5.97. The van der Waals surface area contributed by atoms with Crippen molar-refractivity contribution in [1.82, 2.24) is 5.32 Å². The molecule has 6 heteroatoms. The summed E-state index contributed by atoms with van der Waals surface area (Å²) in [4.78, 5) is 12.2. The van der Waals surface area contributed by atoms with Crippen molar-refractivity contribution in [3.05, 3.63) is 23.3 Å². The lowest BCUT2D eigenvalue weighted by atomic mass is 10.1. The molecule has 2 N–H and O–H groups in total. The molecule has 0 atom stereocenters. The minimum absolute atomic E-state index is 0.00854. The van der Waals surface area contributed by atoms with Crippen molar-refractivity contribution >= 4 is 12.0 Å². The van der Waals surface area contributed by atoms with Crippen LogP contribution in [0.3, 0.4) is 0 Å². The topological polar surface area (TPSA) is 91.6 Å². The molecule has 0 saturated heterocycles. The molecule has 0 heterocycles. The number of carbonyl (C=O) groups excluding carboxylic acids is 1. The van der Waals surface area contributed by atoms with Crippen molar-refractivity contribution in [2.45, 2.75) is 45.4 Å². The number of methoxy groups -OCH3 is 2. The highest BCUT2D eigenvalue weighted by Crippen LogP contribution is 2.37. The molecule has 1 rings (SSSR count). The van der Waals surface area contributed by atoms with Gasteiger partial charge in [-0.25, -0.2) is 0 Å². The lowest BCUT2D eigenvalue weighted by molar-refractivity contribution is -0.117. The average Bonchev–Trinajstić information content (AvgIpc) is 2.66. The number of benzene rings is 1. The van der Waals surface area contributed by atoms with Crippen molar-refractivity contribution in [2.75, 3.05) is 20.8 Å². The molecule has 6 nitrogen and oxygen atoms in total. The Morgan fingerprint density at radius 3 is 2.27 bits per heavy atom. The molecule has 0 fully saturated rings. The highest BCUT2D eigenvalue weighted by atomic mass is 16.5. The van der Waals surface area contributed by atoms with E-state index in [1.165, 1.54) is 51.7 Å². The minimum Gasteiger partial charge on any atom is -0.502 e. The number of carbonyl (C=O) groups is 1. The Labute approximate surface area is 155 Å². The number of aromatic hydroxyl groups is 1. The molecular weight excluding hydrogens is 332 g/mol. The Kier molecular flexibility index (Phi) is 9.70. The molecule has 142 valence electrons. The summed E-state index contributed by atoms with van der Waals surface area (Å²) >= 11 is 0. The van der Waals surface area contributed by atoms with Crippen LogP contribution in [-0.4, -0.2) is 31.8 Å². The number of nitrogens with zero attached hydrogens (tertiary/aromatic N) is 1. The molecule has 0 aromatic heterocycles. The first-order valence-corrected chi connectivity index (χ1v) is 8.92. The third-order valence-corrected chi connectivity index (χ3v) is 3.99. The van der Waals surface area contributed by atoms with E-state index >= 15 is 0 Å². The highest BCUT2D eigenvalue weighted by Gasteiger charge is 2.13. The van der Waals surface area contributed by atoms with Gasteiger partial charge in [0, 0.05) is 6.54 Å². The molecule has 1 aromatic rings. The van der Waals surface area contributed by atoms with Crippen LogP contribution in [0.2, 0.25) is 0 Å². The van der Waals surface area contributed by atoms with Crippen molar-refractivity contribution < 1.29 is 19.4 Å². The third-order valence-electron chi connectivity index (χ3n) is 3.99. The summed E-state index contributed by atoms with van der Waals surface area (Å²) in [5.41, 5.74) is 0.522. The van der Waals surface area contributed by atoms with Crippen LogP contribution in [0.1, 0.15) is 51.0 Å². The maximum Gasteiger partial charge on any atom is 0.261 e. The van der Waals surface area contributed by atoms with E-state index in [4.69, 9.17) is 9.47 Å². The van der Waals surface area contributed by atoms with Gasteiger partial charge in [0.25, 0.3) is 5.91 Å². The highest BCUT2D eigenvalue weighted by molar-refractivity contribution is 6.01. The molecule has 0 unspecified atom stereocenters. The van der Waals surface area contributed by atoms with Gasteiger partial charge in [0.05, 0.1) is 14.2 Å². The monoisotopic (exact) mass is 360 g/mol. The fourth-order valence-electron chi connectivity index (χ4n) is 2.51. The number of hydrogen-bond acceptors (Lipinski definition) is 5. The smallest absolute Gasteiger partial charge is 0.261 e. The van der Waals surface area contributed by atoms with E-state index in [-0.39, 0.29) is 22.8 Å². The van der Waals surface area contributed by atoms with Crippen LogP contribution in [-0.2, 0) is 4.79 Å². The summed E-state index contributed by atoms with van der Waals surface area (Å²) in [7, 11) is 2.83. The Morgan fingerprint density at radius 2 is 1.73 bits per heavy atom. The zero-order chi connectivity index (χ0) is 19.4. The number of phenols is 1. The Morgan fingerprint density at radius 1 is 1.15 bits per heavy atom. The van der Waals surface area contributed by atoms with Crippen LogP contribution >= 0.6 is 0 Å². The molecule has 0 aliphatic heterocycles. The maximum atomic E-state index is 12.2. The predicted octanol–water partition coefficient (Wildman–Crippen LogP) is 3.79. The fourth-order valence-corrected chi connectivity index (χ4v) is 2.51. The standard InChI is InChI=1S/C20H28N2O4/c1-4-5-6-7-8-9-10-22-20(24)16(14-21)11-15-12-17(25-2)19(23)18(13-15)26-3/h11-13,23H,4-10H2,1-3H3,(H,22,24)/b16-11+. The first kappa shape index (κ1) is 21.4. The zero-order valence-corrected chi connectivity index (χ0v) is 15.8. The predicted molar refractivity (Wildman–Crippen MR) is 101 cm³/mol. The Bertz CT molecular complexity index is 637. The van der Waals surface area contributed by atoms with Crippen LogP contribution in [0.15, 0.2) is 17.7 Å². The van der Waals surface area contributed by atoms with Gasteiger partial charge in [-0.1, -0.05) is 39.0 Å². The van der Waals surface area contributed by atoms with E-state index in [0.29, 0.717) is 12.1 Å². The van der Waals surface area contributed by atoms with Gasteiger partial charge in [0.15, 0.2) is 11.5 Å². The van der Waals surface area contributed by atoms with Crippen LogP contribution in [0.5, 0.6) is 17.2 Å². The fraction of sp³-hybridized carbons (Fsp3) is 0.500. The molecule has 0 aliphatic carbocycles. The molecular formula is C20H28N2O4. The average molecular weight is 360 g/mol. The van der Waals surface area contributed by atoms with Gasteiger partial charge in [0.1, 0.15) is 11.6 Å². The van der Waals surface area contributed by atoms with E-state index in [2.05, 4.69) is 12.2 Å². The van der Waals surface area contributed by atoms with Crippen molar-refractivity contribution in [3.8, 4) is 23.3 Å². The SMILES string of the molecule is CCCCCCCCNC(=O)/C(C#N)=C/c1cc(OC)c(O)c(OC)c1. The van der Waals surface area contributed by atoms with Gasteiger partial charge in [0.2, 0.25) is 5.75 Å². The molecule has 0 radical (unpaired) electrons. The number of ether oxygens (including phenoxy) is 2. The zero-order valence-electron chi connectivity index (χ0n) is 15.8. The van der Waals surface area contributed by atoms with E-state index in [9.17, 15) is 15.2 Å². The molecule has 26 heavy (non-hydrogen) atoms. The number of phenolic OH excluding ortho intramolecular Hbond substituents is 1. The Balaban J connectivity index is 2.70. The van der Waals surface area contributed by atoms with Crippen LogP contribution < -0.4 is 14.8 Å². The normalized spacial score (nSPS) is 10.9. The second kappa shape index (κ2) is 11.8. The van der Waals surface area contributed by atoms with Crippen molar-refractivity contribution in [2.24, 2.45) is 0 Å². The molecule has 0 spiro atoms. The molecule has 1 aromatic carbocycles. The van der Waals surface area contributed by atoms with Gasteiger partial charge in [-0.3, -0.25) is 4.79 Å². The summed E-state index contributed by atoms with van der Waals surface area (Å²) in [6.07, 6.45) is 8.25. The van der Waals surface area contributed by atoms with Gasteiger partial charge >= 0.3 is 0 Å². The second-order valence-corrected chi connectivity index (χ2v) is 5.97. The van der Waals surface area contributed by atoms with E-state index in [0.717, 1.165) is 19.3 Å². The summed E-state index contributed by atoms with van der Waals surface area (Å²) in [6.45, 7) is 2.72. The summed E-state index contributed by atoms with van der Waals surface area (Å²) < 4.78 is 10.2. The van der Waals surface area contributed by atoms with Crippen LogP contribution in [0.4, 0.5) is 0 Å². The molecule has 0 bridgehead atoms. The van der Waals surface area contributed by atoms with E-state index in [1.54, 1.807) is 0 Å². The quantitative estimate of drug-likeness (QED) is 0.356. The number of nitrogens with one attached hydrogen (secondary N) is 1. The number of amides is 1. The number of nitriles is 1. The first-order chi connectivity index (χ1) is 12.6. The molecule has 0 aliphatic rings. The van der Waals surface area contributed by atoms with Crippen LogP contribution in [0.25, 0.3) is 6.08 Å². The van der Waals surface area contributed by atoms with Gasteiger partial charge in [-0.2, -0.15) is 5.26 Å². The van der Waals surface area contributed by atoms with Gasteiger partial charge in [-0.15, -0.1) is 0 Å². The van der Waals surface area contributed by atoms with Gasteiger partial charge < -0.3 is 19.9 Å². The lowest BCUT2D eigenvalue weighted by Crippen LogP contribution is -2.25. The first-order valence-electron chi connectivity index (χ1n) is 8.92. The molecule has 1 amide bonds. The van der Waals surface area contributed by atoms with Crippen LogP contribution in [0, 0.1) is 11.3 Å². The maximum absolute atomic E-state index is 12.2. The number of hydrogen-bond donors (Lipinski definition) is 2. The summed E-state index contributed by atoms with van der Waals surface area (Å²) in [5.74, 6) is -0.119. The minimum atomic E-state index is -0.410. The number of unbranched alkanes of at least 4 members (excludes halogenated alkanes) is 5. The Hall–Kier alpha value is -2.68. The lowest BCUT2D eigenvalue weighted by Gasteiger charge is -2.10. The number of rotatable bonds is 11. The largest absolute Gasteiger partial charge is 0.502 e. The van der Waals surface area contributed by atoms with Crippen molar-refractivity contribution in [3.63, 3.8) is 0 Å². The van der Waals surface area contributed by atoms with E-state index in [1.807, 2.05) is 6.07 Å². The third kappa shape index (κ3) is 6.67. The van der Waals surface area contributed by atoms with E-state index < -0.39 is 5.91 Å². The van der Waals surface area contributed by atoms with Crippen molar-refractivity contribution in [1.29, 1.82) is 5.26 Å².